The highest BCUT2D eigenvalue weighted by atomic mass is 15.3. The van der Waals surface area contributed by atoms with E-state index >= 15 is 0 Å². The van der Waals surface area contributed by atoms with Gasteiger partial charge < -0.3 is 9.47 Å². The molecule has 1 aliphatic carbocycles. The van der Waals surface area contributed by atoms with E-state index in [9.17, 15) is 0 Å². The van der Waals surface area contributed by atoms with Crippen LogP contribution in [0.1, 0.15) is 63.5 Å². The molecular weight excluding hydrogens is 284 g/mol. The van der Waals surface area contributed by atoms with E-state index in [0.29, 0.717) is 5.92 Å². The van der Waals surface area contributed by atoms with Crippen LogP contribution in [0.4, 0.5) is 0 Å². The third kappa shape index (κ3) is 2.98. The van der Waals surface area contributed by atoms with Gasteiger partial charge in [0.25, 0.3) is 0 Å². The Morgan fingerprint density at radius 3 is 2.96 bits per heavy atom. The summed E-state index contributed by atoms with van der Waals surface area (Å²) in [5.41, 5.74) is 1.62. The lowest BCUT2D eigenvalue weighted by Gasteiger charge is -2.38. The first-order valence-corrected chi connectivity index (χ1v) is 9.53. The second-order valence-corrected chi connectivity index (χ2v) is 7.94. The summed E-state index contributed by atoms with van der Waals surface area (Å²) in [6.07, 6.45) is 10.1. The molecule has 4 rings (SSSR count). The smallest absolute Gasteiger partial charge is 0.137 e. The van der Waals surface area contributed by atoms with Crippen LogP contribution in [0.2, 0.25) is 0 Å². The number of aromatic nitrogens is 3. The van der Waals surface area contributed by atoms with Crippen LogP contribution in [0.5, 0.6) is 0 Å². The highest BCUT2D eigenvalue weighted by Crippen LogP contribution is 2.33. The molecule has 0 spiro atoms. The Morgan fingerprint density at radius 1 is 1.17 bits per heavy atom. The van der Waals surface area contributed by atoms with Gasteiger partial charge in [0.2, 0.25) is 0 Å². The third-order valence-corrected chi connectivity index (χ3v) is 6.32. The zero-order valence-electron chi connectivity index (χ0n) is 14.7. The molecule has 3 heterocycles. The van der Waals surface area contributed by atoms with Crippen molar-refractivity contribution >= 4 is 0 Å². The molecule has 1 aromatic heterocycles. The van der Waals surface area contributed by atoms with Crippen LogP contribution in [0.3, 0.4) is 0 Å². The molecule has 0 aromatic carbocycles. The Balaban J connectivity index is 1.45. The van der Waals surface area contributed by atoms with Crippen LogP contribution in [-0.4, -0.2) is 39.3 Å². The minimum atomic E-state index is 0.589. The minimum Gasteiger partial charge on any atom is -0.315 e. The van der Waals surface area contributed by atoms with E-state index in [4.69, 9.17) is 0 Å². The molecule has 23 heavy (non-hydrogen) atoms. The fourth-order valence-corrected chi connectivity index (χ4v) is 4.88. The Morgan fingerprint density at radius 2 is 2.09 bits per heavy atom. The van der Waals surface area contributed by atoms with Crippen molar-refractivity contribution in [1.29, 1.82) is 0 Å². The van der Waals surface area contributed by atoms with Crippen LogP contribution in [0, 0.1) is 11.8 Å². The van der Waals surface area contributed by atoms with Crippen molar-refractivity contribution in [3.05, 3.63) is 23.3 Å². The normalized spacial score (nSPS) is 31.9. The number of piperidine rings is 1. The van der Waals surface area contributed by atoms with Gasteiger partial charge >= 0.3 is 0 Å². The summed E-state index contributed by atoms with van der Waals surface area (Å²) in [5, 5.41) is 8.97. The number of hydrogen-bond donors (Lipinski definition) is 0. The SMILES string of the molecule is CC1=CCCC(C)C1CN1CCCC(c2nnc3n2CCC3)C1. The quantitative estimate of drug-likeness (QED) is 0.802. The maximum atomic E-state index is 4.55. The average Bonchev–Trinajstić information content (AvgIpc) is 3.14. The van der Waals surface area contributed by atoms with Crippen molar-refractivity contribution in [2.45, 2.75) is 64.8 Å². The highest BCUT2D eigenvalue weighted by Gasteiger charge is 2.31. The lowest BCUT2D eigenvalue weighted by atomic mass is 9.79. The second kappa shape index (κ2) is 6.39. The Bertz CT molecular complexity index is 588. The van der Waals surface area contributed by atoms with E-state index in [0.717, 1.165) is 24.8 Å². The molecule has 1 aromatic rings. The van der Waals surface area contributed by atoms with Crippen LogP contribution in [-0.2, 0) is 13.0 Å². The van der Waals surface area contributed by atoms with Crippen molar-refractivity contribution in [1.82, 2.24) is 19.7 Å². The third-order valence-electron chi connectivity index (χ3n) is 6.32. The number of fused-ring (bicyclic) bond motifs is 1. The number of aryl methyl sites for hydroxylation is 1. The molecule has 1 fully saturated rings. The number of rotatable bonds is 3. The van der Waals surface area contributed by atoms with Crippen LogP contribution >= 0.6 is 0 Å². The van der Waals surface area contributed by atoms with Gasteiger partial charge in [-0.15, -0.1) is 10.2 Å². The van der Waals surface area contributed by atoms with E-state index in [-0.39, 0.29) is 0 Å². The Hall–Kier alpha value is -1.16. The number of hydrogen-bond acceptors (Lipinski definition) is 3. The average molecular weight is 314 g/mol. The highest BCUT2D eigenvalue weighted by molar-refractivity contribution is 5.11. The largest absolute Gasteiger partial charge is 0.315 e. The molecule has 126 valence electrons. The summed E-state index contributed by atoms with van der Waals surface area (Å²) in [6, 6.07) is 0. The standard InChI is InChI=1S/C19H30N4/c1-14-6-3-7-15(2)17(14)13-22-10-4-8-16(12-22)19-21-20-18-9-5-11-23(18)19/h6,15-17H,3-5,7-13H2,1-2H3. The monoisotopic (exact) mass is 314 g/mol. The molecule has 1 saturated heterocycles. The van der Waals surface area contributed by atoms with Gasteiger partial charge in [0.15, 0.2) is 0 Å². The van der Waals surface area contributed by atoms with E-state index < -0.39 is 0 Å². The summed E-state index contributed by atoms with van der Waals surface area (Å²) in [4.78, 5) is 2.70. The molecule has 0 N–H and O–H groups in total. The molecule has 3 unspecified atom stereocenters. The molecule has 2 aliphatic heterocycles. The molecule has 0 amide bonds. The van der Waals surface area contributed by atoms with Crippen LogP contribution in [0.15, 0.2) is 11.6 Å². The summed E-state index contributed by atoms with van der Waals surface area (Å²) in [7, 11) is 0. The maximum absolute atomic E-state index is 4.55. The molecule has 0 saturated carbocycles. The van der Waals surface area contributed by atoms with Gasteiger partial charge in [-0.1, -0.05) is 18.6 Å². The van der Waals surface area contributed by atoms with Crippen LogP contribution in [0.25, 0.3) is 0 Å². The lowest BCUT2D eigenvalue weighted by molar-refractivity contribution is 0.160. The molecule has 0 bridgehead atoms. The molecular formula is C19H30N4. The molecule has 0 radical (unpaired) electrons. The zero-order valence-corrected chi connectivity index (χ0v) is 14.7. The second-order valence-electron chi connectivity index (χ2n) is 7.94. The fourth-order valence-electron chi connectivity index (χ4n) is 4.88. The summed E-state index contributed by atoms with van der Waals surface area (Å²) >= 11 is 0. The van der Waals surface area contributed by atoms with Gasteiger partial charge in [-0.25, -0.2) is 0 Å². The maximum Gasteiger partial charge on any atom is 0.137 e. The van der Waals surface area contributed by atoms with Gasteiger partial charge in [-0.05, 0) is 57.4 Å². The van der Waals surface area contributed by atoms with Crippen molar-refractivity contribution in [2.24, 2.45) is 11.8 Å². The first-order valence-electron chi connectivity index (χ1n) is 9.53. The number of nitrogens with zero attached hydrogens (tertiary/aromatic N) is 4. The van der Waals surface area contributed by atoms with Gasteiger partial charge in [0.05, 0.1) is 0 Å². The van der Waals surface area contributed by atoms with E-state index in [1.807, 2.05) is 0 Å². The van der Waals surface area contributed by atoms with E-state index in [1.165, 1.54) is 63.4 Å². The van der Waals surface area contributed by atoms with Crippen molar-refractivity contribution < 1.29 is 0 Å². The first-order chi connectivity index (χ1) is 11.2. The topological polar surface area (TPSA) is 34.0 Å². The van der Waals surface area contributed by atoms with Crippen LogP contribution < -0.4 is 0 Å². The van der Waals surface area contributed by atoms with Gasteiger partial charge in [-0.3, -0.25) is 0 Å². The number of likely N-dealkylation sites (tertiary alicyclic amines) is 1. The lowest BCUT2D eigenvalue weighted by Crippen LogP contribution is -2.40. The van der Waals surface area contributed by atoms with Gasteiger partial charge in [-0.2, -0.15) is 0 Å². The van der Waals surface area contributed by atoms with E-state index in [2.05, 4.69) is 39.6 Å². The van der Waals surface area contributed by atoms with Crippen molar-refractivity contribution in [2.75, 3.05) is 19.6 Å². The summed E-state index contributed by atoms with van der Waals surface area (Å²) < 4.78 is 2.41. The van der Waals surface area contributed by atoms with Gasteiger partial charge in [0, 0.05) is 32.0 Å². The molecule has 4 nitrogen and oxygen atoms in total. The van der Waals surface area contributed by atoms with Crippen molar-refractivity contribution in [3.8, 4) is 0 Å². The summed E-state index contributed by atoms with van der Waals surface area (Å²) in [5.74, 6) is 4.67. The predicted octanol–water partition coefficient (Wildman–Crippen LogP) is 3.40. The molecule has 4 heteroatoms. The van der Waals surface area contributed by atoms with Crippen molar-refractivity contribution in [3.63, 3.8) is 0 Å². The Labute approximate surface area is 140 Å². The van der Waals surface area contributed by atoms with E-state index in [1.54, 1.807) is 5.57 Å². The minimum absolute atomic E-state index is 0.589. The Kier molecular flexibility index (Phi) is 4.27. The molecule has 3 atom stereocenters. The molecule has 3 aliphatic rings. The van der Waals surface area contributed by atoms with Gasteiger partial charge in [0.1, 0.15) is 11.6 Å². The fraction of sp³-hybridized carbons (Fsp3) is 0.789. The summed E-state index contributed by atoms with van der Waals surface area (Å²) in [6.45, 7) is 9.58. The first kappa shape index (κ1) is 15.4. The number of allylic oxidation sites excluding steroid dienone is 1. The predicted molar refractivity (Wildman–Crippen MR) is 92.4 cm³/mol. The zero-order chi connectivity index (χ0) is 15.8.